The standard InChI is InChI=1S/C12H11NO2S/c14-12(15)11-6-10(8-16-11)13-7-9-4-2-1-3-5-9/h1-6,8,13H,7H2,(H,14,15). The van der Waals surface area contributed by atoms with Gasteiger partial charge in [-0.1, -0.05) is 30.3 Å². The SMILES string of the molecule is O=C(O)c1cc(NCc2ccccc2)cs1. The number of anilines is 1. The van der Waals surface area contributed by atoms with Gasteiger partial charge in [0, 0.05) is 17.6 Å². The Morgan fingerprint density at radius 1 is 1.31 bits per heavy atom. The molecular formula is C12H11NO2S. The maximum atomic E-state index is 10.7. The fourth-order valence-corrected chi connectivity index (χ4v) is 2.04. The third kappa shape index (κ3) is 2.61. The van der Waals surface area contributed by atoms with E-state index in [0.29, 0.717) is 11.4 Å². The number of rotatable bonds is 4. The molecule has 1 heterocycles. The normalized spacial score (nSPS) is 10.0. The molecule has 1 aromatic heterocycles. The molecule has 0 radical (unpaired) electrons. The number of benzene rings is 1. The molecule has 0 spiro atoms. The van der Waals surface area contributed by atoms with Crippen molar-refractivity contribution in [1.29, 1.82) is 0 Å². The molecule has 0 fully saturated rings. The first-order valence-corrected chi connectivity index (χ1v) is 5.73. The zero-order chi connectivity index (χ0) is 11.4. The van der Waals surface area contributed by atoms with Gasteiger partial charge in [-0.25, -0.2) is 4.79 Å². The van der Waals surface area contributed by atoms with Gasteiger partial charge in [-0.2, -0.15) is 0 Å². The molecule has 3 nitrogen and oxygen atoms in total. The van der Waals surface area contributed by atoms with Crippen molar-refractivity contribution in [3.05, 3.63) is 52.2 Å². The van der Waals surface area contributed by atoms with Crippen molar-refractivity contribution in [3.63, 3.8) is 0 Å². The average molecular weight is 233 g/mol. The summed E-state index contributed by atoms with van der Waals surface area (Å²) in [5.74, 6) is -0.877. The van der Waals surface area contributed by atoms with Crippen molar-refractivity contribution in [1.82, 2.24) is 0 Å². The zero-order valence-electron chi connectivity index (χ0n) is 8.51. The second kappa shape index (κ2) is 4.81. The zero-order valence-corrected chi connectivity index (χ0v) is 9.33. The number of carboxylic acid groups (broad SMARTS) is 1. The molecule has 2 rings (SSSR count). The molecule has 82 valence electrons. The summed E-state index contributed by atoms with van der Waals surface area (Å²) in [5, 5.41) is 13.8. The molecule has 0 unspecified atom stereocenters. The van der Waals surface area contributed by atoms with E-state index in [2.05, 4.69) is 5.32 Å². The molecule has 4 heteroatoms. The van der Waals surface area contributed by atoms with Crippen LogP contribution >= 0.6 is 11.3 Å². The largest absolute Gasteiger partial charge is 0.477 e. The van der Waals surface area contributed by atoms with Crippen LogP contribution in [0.5, 0.6) is 0 Å². The third-order valence-corrected chi connectivity index (χ3v) is 3.07. The van der Waals surface area contributed by atoms with Gasteiger partial charge < -0.3 is 10.4 Å². The summed E-state index contributed by atoms with van der Waals surface area (Å²) in [7, 11) is 0. The minimum absolute atomic E-state index is 0.357. The highest BCUT2D eigenvalue weighted by atomic mass is 32.1. The van der Waals surface area contributed by atoms with Crippen LogP contribution < -0.4 is 5.32 Å². The van der Waals surface area contributed by atoms with Crippen LogP contribution in [0.15, 0.2) is 41.8 Å². The van der Waals surface area contributed by atoms with E-state index in [4.69, 9.17) is 5.11 Å². The molecule has 0 bridgehead atoms. The van der Waals surface area contributed by atoms with Gasteiger partial charge in [0.05, 0.1) is 0 Å². The number of carboxylic acids is 1. The lowest BCUT2D eigenvalue weighted by Crippen LogP contribution is -1.98. The van der Waals surface area contributed by atoms with Crippen LogP contribution in [0, 0.1) is 0 Å². The number of carbonyl (C=O) groups is 1. The van der Waals surface area contributed by atoms with Crippen molar-refractivity contribution in [2.75, 3.05) is 5.32 Å². The first-order valence-electron chi connectivity index (χ1n) is 4.85. The Balaban J connectivity index is 1.97. The topological polar surface area (TPSA) is 49.3 Å². The molecule has 1 aromatic carbocycles. The van der Waals surface area contributed by atoms with Crippen LogP contribution in [0.3, 0.4) is 0 Å². The second-order valence-electron chi connectivity index (χ2n) is 3.34. The Kier molecular flexibility index (Phi) is 3.22. The molecule has 2 aromatic rings. The average Bonchev–Trinajstić information content (AvgIpc) is 2.76. The van der Waals surface area contributed by atoms with Gasteiger partial charge >= 0.3 is 5.97 Å². The van der Waals surface area contributed by atoms with Crippen molar-refractivity contribution in [3.8, 4) is 0 Å². The molecule has 0 saturated carbocycles. The molecule has 0 atom stereocenters. The molecule has 0 saturated heterocycles. The van der Waals surface area contributed by atoms with E-state index in [1.54, 1.807) is 6.07 Å². The molecule has 0 amide bonds. The molecule has 2 N–H and O–H groups in total. The van der Waals surface area contributed by atoms with Gasteiger partial charge in [0.2, 0.25) is 0 Å². The van der Waals surface area contributed by atoms with Gasteiger partial charge in [-0.3, -0.25) is 0 Å². The minimum Gasteiger partial charge on any atom is -0.477 e. The van der Waals surface area contributed by atoms with Crippen LogP contribution in [0.1, 0.15) is 15.2 Å². The highest BCUT2D eigenvalue weighted by Gasteiger charge is 2.05. The smallest absolute Gasteiger partial charge is 0.345 e. The highest BCUT2D eigenvalue weighted by Crippen LogP contribution is 2.19. The first kappa shape index (κ1) is 10.7. The van der Waals surface area contributed by atoms with Crippen LogP contribution in [0.2, 0.25) is 0 Å². The molecule has 16 heavy (non-hydrogen) atoms. The van der Waals surface area contributed by atoms with Gasteiger partial charge in [-0.05, 0) is 11.6 Å². The summed E-state index contributed by atoms with van der Waals surface area (Å²) >= 11 is 1.23. The molecule has 0 aliphatic rings. The Morgan fingerprint density at radius 3 is 2.69 bits per heavy atom. The van der Waals surface area contributed by atoms with Gasteiger partial charge in [0.1, 0.15) is 4.88 Å². The second-order valence-corrected chi connectivity index (χ2v) is 4.26. The van der Waals surface area contributed by atoms with E-state index >= 15 is 0 Å². The van der Waals surface area contributed by atoms with E-state index in [-0.39, 0.29) is 0 Å². The Bertz CT molecular complexity index is 479. The lowest BCUT2D eigenvalue weighted by atomic mass is 10.2. The maximum absolute atomic E-state index is 10.7. The van der Waals surface area contributed by atoms with E-state index < -0.39 is 5.97 Å². The molecular weight excluding hydrogens is 222 g/mol. The quantitative estimate of drug-likeness (QED) is 0.853. The number of nitrogens with one attached hydrogen (secondary N) is 1. The van der Waals surface area contributed by atoms with Crippen molar-refractivity contribution in [2.24, 2.45) is 0 Å². The Morgan fingerprint density at radius 2 is 2.06 bits per heavy atom. The number of thiophene rings is 1. The van der Waals surface area contributed by atoms with E-state index in [9.17, 15) is 4.79 Å². The van der Waals surface area contributed by atoms with E-state index in [1.165, 1.54) is 16.9 Å². The van der Waals surface area contributed by atoms with Crippen molar-refractivity contribution in [2.45, 2.75) is 6.54 Å². The summed E-state index contributed by atoms with van der Waals surface area (Å²) in [6.07, 6.45) is 0. The van der Waals surface area contributed by atoms with Crippen LogP contribution in [0.4, 0.5) is 5.69 Å². The fourth-order valence-electron chi connectivity index (χ4n) is 1.34. The van der Waals surface area contributed by atoms with Gasteiger partial charge in [0.15, 0.2) is 0 Å². The number of hydrogen-bond donors (Lipinski definition) is 2. The van der Waals surface area contributed by atoms with Crippen LogP contribution in [0.25, 0.3) is 0 Å². The lowest BCUT2D eigenvalue weighted by molar-refractivity contribution is 0.0702. The van der Waals surface area contributed by atoms with E-state index in [1.807, 2.05) is 35.7 Å². The Labute approximate surface area is 97.4 Å². The third-order valence-electron chi connectivity index (χ3n) is 2.15. The van der Waals surface area contributed by atoms with Crippen molar-refractivity contribution >= 4 is 23.0 Å². The van der Waals surface area contributed by atoms with Crippen LogP contribution in [-0.4, -0.2) is 11.1 Å². The fraction of sp³-hybridized carbons (Fsp3) is 0.0833. The molecule has 0 aliphatic carbocycles. The predicted octanol–water partition coefficient (Wildman–Crippen LogP) is 3.06. The predicted molar refractivity (Wildman–Crippen MR) is 65.0 cm³/mol. The van der Waals surface area contributed by atoms with Crippen LogP contribution in [-0.2, 0) is 6.54 Å². The molecule has 0 aliphatic heterocycles. The summed E-state index contributed by atoms with van der Waals surface area (Å²) in [4.78, 5) is 11.0. The van der Waals surface area contributed by atoms with Crippen molar-refractivity contribution < 1.29 is 9.90 Å². The lowest BCUT2D eigenvalue weighted by Gasteiger charge is -2.02. The monoisotopic (exact) mass is 233 g/mol. The van der Waals surface area contributed by atoms with Gasteiger partial charge in [-0.15, -0.1) is 11.3 Å². The maximum Gasteiger partial charge on any atom is 0.345 e. The summed E-state index contributed by atoms with van der Waals surface area (Å²) in [6.45, 7) is 0.705. The summed E-state index contributed by atoms with van der Waals surface area (Å²) < 4.78 is 0. The first-order chi connectivity index (χ1) is 7.75. The van der Waals surface area contributed by atoms with E-state index in [0.717, 1.165) is 5.69 Å². The highest BCUT2D eigenvalue weighted by molar-refractivity contribution is 7.12. The minimum atomic E-state index is -0.877. The number of hydrogen-bond acceptors (Lipinski definition) is 3. The summed E-state index contributed by atoms with van der Waals surface area (Å²) in [6, 6.07) is 11.6. The van der Waals surface area contributed by atoms with Gasteiger partial charge in [0.25, 0.3) is 0 Å². The summed E-state index contributed by atoms with van der Waals surface area (Å²) in [5.41, 5.74) is 2.02. The number of aromatic carboxylic acids is 1. The Hall–Kier alpha value is -1.81.